The quantitative estimate of drug-likeness (QED) is 0.789. The number of aromatic nitrogens is 3. The molecule has 0 aliphatic carbocycles. The summed E-state index contributed by atoms with van der Waals surface area (Å²) < 4.78 is 7.46. The van der Waals surface area contributed by atoms with Crippen LogP contribution in [0, 0.1) is 6.92 Å². The second-order valence-corrected chi connectivity index (χ2v) is 6.74. The Balaban J connectivity index is 1.90. The highest BCUT2D eigenvalue weighted by atomic mass is 32.2. The lowest BCUT2D eigenvalue weighted by Gasteiger charge is -2.27. The highest BCUT2D eigenvalue weighted by Gasteiger charge is 2.22. The lowest BCUT2D eigenvalue weighted by molar-refractivity contribution is -0.118. The Morgan fingerprint density at radius 1 is 1.24 bits per heavy atom. The average Bonchev–Trinajstić information content (AvgIpc) is 3.05. The predicted molar refractivity (Wildman–Crippen MR) is 98.5 cm³/mol. The van der Waals surface area contributed by atoms with Gasteiger partial charge in [-0.3, -0.25) is 9.36 Å². The van der Waals surface area contributed by atoms with Gasteiger partial charge in [-0.05, 0) is 26.0 Å². The summed E-state index contributed by atoms with van der Waals surface area (Å²) in [6, 6.07) is 8.24. The third kappa shape index (κ3) is 4.32. The number of carbonyl (C=O) groups is 1. The van der Waals surface area contributed by atoms with Crippen molar-refractivity contribution in [3.63, 3.8) is 0 Å². The van der Waals surface area contributed by atoms with Crippen molar-refractivity contribution in [2.75, 3.05) is 43.5 Å². The molecule has 0 bridgehead atoms. The first-order valence-electron chi connectivity index (χ1n) is 8.43. The molecule has 3 rings (SSSR count). The number of nitrogens with zero attached hydrogens (tertiary/aromatic N) is 4. The van der Waals surface area contributed by atoms with Crippen molar-refractivity contribution in [3.8, 4) is 5.69 Å². The SMILES string of the molecule is CCNC(=O)CSc1nnc(N2CCOCC2)n1-c1ccc(C)cc1. The zero-order valence-corrected chi connectivity index (χ0v) is 15.4. The monoisotopic (exact) mass is 361 g/mol. The minimum atomic E-state index is -0.00104. The van der Waals surface area contributed by atoms with E-state index in [4.69, 9.17) is 4.74 Å². The second-order valence-electron chi connectivity index (χ2n) is 5.80. The molecule has 1 aliphatic heterocycles. The summed E-state index contributed by atoms with van der Waals surface area (Å²) in [5.41, 5.74) is 2.19. The van der Waals surface area contributed by atoms with Crippen LogP contribution in [-0.4, -0.2) is 59.3 Å². The van der Waals surface area contributed by atoms with Crippen molar-refractivity contribution < 1.29 is 9.53 Å². The van der Waals surface area contributed by atoms with Crippen molar-refractivity contribution in [2.45, 2.75) is 19.0 Å². The number of rotatable bonds is 6. The maximum Gasteiger partial charge on any atom is 0.232 e. The van der Waals surface area contributed by atoms with Gasteiger partial charge in [-0.15, -0.1) is 10.2 Å². The van der Waals surface area contributed by atoms with E-state index in [0.29, 0.717) is 25.5 Å². The average molecular weight is 361 g/mol. The number of morpholine rings is 1. The van der Waals surface area contributed by atoms with Crippen LogP contribution in [0.2, 0.25) is 0 Å². The van der Waals surface area contributed by atoms with Crippen LogP contribution in [0.3, 0.4) is 0 Å². The molecule has 1 fully saturated rings. The summed E-state index contributed by atoms with van der Waals surface area (Å²) in [7, 11) is 0. The van der Waals surface area contributed by atoms with E-state index in [1.54, 1.807) is 0 Å². The minimum absolute atomic E-state index is 0.00104. The number of hydrogen-bond donors (Lipinski definition) is 1. The van der Waals surface area contributed by atoms with Gasteiger partial charge in [0.15, 0.2) is 5.16 Å². The largest absolute Gasteiger partial charge is 0.378 e. The minimum Gasteiger partial charge on any atom is -0.378 e. The van der Waals surface area contributed by atoms with E-state index in [1.807, 2.05) is 11.5 Å². The molecule has 1 saturated heterocycles. The lowest BCUT2D eigenvalue weighted by atomic mass is 10.2. The van der Waals surface area contributed by atoms with Crippen LogP contribution in [0.5, 0.6) is 0 Å². The van der Waals surface area contributed by atoms with Crippen LogP contribution >= 0.6 is 11.8 Å². The highest BCUT2D eigenvalue weighted by Crippen LogP contribution is 2.27. The van der Waals surface area contributed by atoms with Gasteiger partial charge in [0.2, 0.25) is 11.9 Å². The zero-order chi connectivity index (χ0) is 17.6. The number of anilines is 1. The van der Waals surface area contributed by atoms with Crippen LogP contribution in [0.4, 0.5) is 5.95 Å². The first-order valence-corrected chi connectivity index (χ1v) is 9.42. The maximum absolute atomic E-state index is 11.8. The van der Waals surface area contributed by atoms with E-state index in [-0.39, 0.29) is 5.91 Å². The van der Waals surface area contributed by atoms with Crippen molar-refractivity contribution in [1.82, 2.24) is 20.1 Å². The first-order chi connectivity index (χ1) is 12.2. The molecule has 7 nitrogen and oxygen atoms in total. The van der Waals surface area contributed by atoms with Crippen LogP contribution in [0.15, 0.2) is 29.4 Å². The van der Waals surface area contributed by atoms with E-state index in [2.05, 4.69) is 51.6 Å². The molecule has 8 heteroatoms. The topological polar surface area (TPSA) is 72.3 Å². The van der Waals surface area contributed by atoms with Gasteiger partial charge in [0.05, 0.1) is 24.7 Å². The number of carbonyl (C=O) groups excluding carboxylic acids is 1. The number of nitrogens with one attached hydrogen (secondary N) is 1. The number of hydrogen-bond acceptors (Lipinski definition) is 6. The fourth-order valence-electron chi connectivity index (χ4n) is 2.62. The number of ether oxygens (including phenoxy) is 1. The normalized spacial score (nSPS) is 14.6. The molecule has 1 aromatic heterocycles. The van der Waals surface area contributed by atoms with Crippen molar-refractivity contribution in [1.29, 1.82) is 0 Å². The molecular formula is C17H23N5O2S. The third-order valence-corrected chi connectivity index (χ3v) is 4.84. The van der Waals surface area contributed by atoms with E-state index in [1.165, 1.54) is 17.3 Å². The molecule has 0 spiro atoms. The molecule has 134 valence electrons. The Labute approximate surface area is 151 Å². The van der Waals surface area contributed by atoms with Gasteiger partial charge < -0.3 is 15.0 Å². The molecule has 1 aromatic carbocycles. The molecular weight excluding hydrogens is 338 g/mol. The lowest BCUT2D eigenvalue weighted by Crippen LogP contribution is -2.37. The summed E-state index contributed by atoms with van der Waals surface area (Å²) in [5.74, 6) is 1.12. The summed E-state index contributed by atoms with van der Waals surface area (Å²) in [4.78, 5) is 14.0. The maximum atomic E-state index is 11.8. The van der Waals surface area contributed by atoms with Gasteiger partial charge in [0.25, 0.3) is 0 Å². The number of thioether (sulfide) groups is 1. The van der Waals surface area contributed by atoms with Gasteiger partial charge in [0, 0.05) is 19.6 Å². The molecule has 1 aliphatic rings. The fourth-order valence-corrected chi connectivity index (χ4v) is 3.40. The third-order valence-electron chi connectivity index (χ3n) is 3.91. The molecule has 0 atom stereocenters. The van der Waals surface area contributed by atoms with E-state index < -0.39 is 0 Å². The highest BCUT2D eigenvalue weighted by molar-refractivity contribution is 7.99. The van der Waals surface area contributed by atoms with Crippen LogP contribution in [0.25, 0.3) is 5.69 Å². The summed E-state index contributed by atoms with van der Waals surface area (Å²) >= 11 is 1.40. The molecule has 1 N–H and O–H groups in total. The van der Waals surface area contributed by atoms with Gasteiger partial charge in [-0.25, -0.2) is 0 Å². The van der Waals surface area contributed by atoms with Gasteiger partial charge >= 0.3 is 0 Å². The predicted octanol–water partition coefficient (Wildman–Crippen LogP) is 1.64. The Hall–Kier alpha value is -2.06. The Kier molecular flexibility index (Phi) is 5.93. The van der Waals surface area contributed by atoms with E-state index in [9.17, 15) is 4.79 Å². The van der Waals surface area contributed by atoms with Crippen molar-refractivity contribution in [2.24, 2.45) is 0 Å². The van der Waals surface area contributed by atoms with Crippen LogP contribution in [0.1, 0.15) is 12.5 Å². The zero-order valence-electron chi connectivity index (χ0n) is 14.6. The number of amides is 1. The Morgan fingerprint density at radius 3 is 2.64 bits per heavy atom. The summed E-state index contributed by atoms with van der Waals surface area (Å²) in [6.07, 6.45) is 0. The molecule has 0 saturated carbocycles. The van der Waals surface area contributed by atoms with Crippen molar-refractivity contribution in [3.05, 3.63) is 29.8 Å². The van der Waals surface area contributed by atoms with Crippen LogP contribution < -0.4 is 10.2 Å². The molecule has 0 radical (unpaired) electrons. The smallest absolute Gasteiger partial charge is 0.232 e. The second kappa shape index (κ2) is 8.35. The summed E-state index contributed by atoms with van der Waals surface area (Å²) in [5, 5.41) is 12.3. The Morgan fingerprint density at radius 2 is 1.96 bits per heavy atom. The van der Waals surface area contributed by atoms with Gasteiger partial charge in [-0.1, -0.05) is 29.5 Å². The molecule has 25 heavy (non-hydrogen) atoms. The summed E-state index contributed by atoms with van der Waals surface area (Å²) in [6.45, 7) is 7.53. The van der Waals surface area contributed by atoms with E-state index in [0.717, 1.165) is 29.9 Å². The molecule has 2 aromatic rings. The molecule has 0 unspecified atom stereocenters. The number of benzene rings is 1. The van der Waals surface area contributed by atoms with Crippen molar-refractivity contribution >= 4 is 23.6 Å². The van der Waals surface area contributed by atoms with E-state index >= 15 is 0 Å². The van der Waals surface area contributed by atoms with Crippen LogP contribution in [-0.2, 0) is 9.53 Å². The Bertz CT molecular complexity index is 710. The fraction of sp³-hybridized carbons (Fsp3) is 0.471. The number of aryl methyl sites for hydroxylation is 1. The van der Waals surface area contributed by atoms with Gasteiger partial charge in [0.1, 0.15) is 0 Å². The molecule has 2 heterocycles. The van der Waals surface area contributed by atoms with Gasteiger partial charge in [-0.2, -0.15) is 0 Å². The first kappa shape index (κ1) is 17.8. The molecule has 1 amide bonds. The standard InChI is InChI=1S/C17H23N5O2S/c1-3-18-15(23)12-25-17-20-19-16(21-8-10-24-11-9-21)22(17)14-6-4-13(2)5-7-14/h4-7H,3,8-12H2,1-2H3,(H,18,23).